The highest BCUT2D eigenvalue weighted by Gasteiger charge is 2.23. The molecule has 0 saturated heterocycles. The average Bonchev–Trinajstić information content (AvgIpc) is 2.36. The van der Waals surface area contributed by atoms with E-state index in [0.29, 0.717) is 16.6 Å². The van der Waals surface area contributed by atoms with Gasteiger partial charge in [-0.15, -0.1) is 0 Å². The number of rotatable bonds is 2. The van der Waals surface area contributed by atoms with E-state index in [1.54, 1.807) is 12.1 Å². The van der Waals surface area contributed by atoms with E-state index >= 15 is 0 Å². The quantitative estimate of drug-likeness (QED) is 0.396. The van der Waals surface area contributed by atoms with Crippen molar-refractivity contribution in [1.82, 2.24) is 0 Å². The molecule has 0 aliphatic heterocycles. The lowest BCUT2D eigenvalue weighted by Gasteiger charge is -2.21. The van der Waals surface area contributed by atoms with Gasteiger partial charge in [0.1, 0.15) is 11.1 Å². The van der Waals surface area contributed by atoms with Crippen molar-refractivity contribution in [2.24, 2.45) is 0 Å². The van der Waals surface area contributed by atoms with Crippen LogP contribution in [0.1, 0.15) is 6.92 Å². The van der Waals surface area contributed by atoms with Gasteiger partial charge in [-0.3, -0.25) is 10.0 Å². The summed E-state index contributed by atoms with van der Waals surface area (Å²) in [5.74, 6) is -0.269. The van der Waals surface area contributed by atoms with Crippen LogP contribution in [0.5, 0.6) is 0 Å². The van der Waals surface area contributed by atoms with Crippen LogP contribution in [0.2, 0.25) is 0 Å². The Morgan fingerprint density at radius 2 is 2.11 bits per heavy atom. The third-order valence-electron chi connectivity index (χ3n) is 2.99. The van der Waals surface area contributed by atoms with E-state index in [2.05, 4.69) is 0 Å². The van der Waals surface area contributed by atoms with Crippen molar-refractivity contribution >= 4 is 28.2 Å². The molecule has 3 N–H and O–H groups in total. The monoisotopic (exact) mass is 264 g/mol. The summed E-state index contributed by atoms with van der Waals surface area (Å²) in [4.78, 5) is 12.7. The van der Waals surface area contributed by atoms with E-state index in [-0.39, 0.29) is 11.6 Å². The number of amides is 1. The van der Waals surface area contributed by atoms with Crippen molar-refractivity contribution in [1.29, 1.82) is 0 Å². The van der Waals surface area contributed by atoms with Gasteiger partial charge in [0.2, 0.25) is 17.8 Å². The molecule has 0 bridgehead atoms. The fraction of sp³-hybridized carbons (Fsp3) is 0.167. The van der Waals surface area contributed by atoms with Crippen molar-refractivity contribution in [2.45, 2.75) is 6.92 Å². The van der Waals surface area contributed by atoms with Gasteiger partial charge in [-0.05, 0) is 12.1 Å². The van der Waals surface area contributed by atoms with Crippen LogP contribution < -0.4 is 14.9 Å². The summed E-state index contributed by atoms with van der Waals surface area (Å²) in [6, 6.07) is 6.19. The molecule has 7 heteroatoms. The summed E-state index contributed by atoms with van der Waals surface area (Å²) in [6.07, 6.45) is 1.41. The second-order valence-electron chi connectivity index (χ2n) is 4.13. The lowest BCUT2D eigenvalue weighted by molar-refractivity contribution is -0.990. The van der Waals surface area contributed by atoms with Crippen LogP contribution in [0.25, 0.3) is 10.9 Å². The van der Waals surface area contributed by atoms with Gasteiger partial charge in [0.05, 0.1) is 0 Å². The first-order valence-electron chi connectivity index (χ1n) is 5.57. The van der Waals surface area contributed by atoms with Gasteiger partial charge in [-0.1, -0.05) is 0 Å². The summed E-state index contributed by atoms with van der Waals surface area (Å²) in [5, 5.41) is 29.7. The third-order valence-corrected chi connectivity index (χ3v) is 2.99. The van der Waals surface area contributed by atoms with Gasteiger partial charge >= 0.3 is 0 Å². The molecular formula is C12H14N3O4+. The van der Waals surface area contributed by atoms with Gasteiger partial charge in [0.15, 0.2) is 0 Å². The highest BCUT2D eigenvalue weighted by Crippen LogP contribution is 2.29. The normalized spacial score (nSPS) is 12.4. The minimum absolute atomic E-state index is 0.0152. The number of carbonyl (C=O) groups is 1. The first-order chi connectivity index (χ1) is 8.93. The number of fused-ring (bicyclic) bond motifs is 1. The molecule has 2 rings (SSSR count). The van der Waals surface area contributed by atoms with Crippen LogP contribution >= 0.6 is 0 Å². The van der Waals surface area contributed by atoms with Gasteiger partial charge in [0.25, 0.3) is 5.52 Å². The van der Waals surface area contributed by atoms with Crippen LogP contribution in [-0.4, -0.2) is 23.4 Å². The topological polar surface area (TPSA) is 92.2 Å². The molecule has 1 atom stereocenters. The molecule has 0 saturated carbocycles. The maximum Gasteiger partial charge on any atom is 0.270 e. The van der Waals surface area contributed by atoms with Crippen molar-refractivity contribution in [2.75, 3.05) is 11.9 Å². The van der Waals surface area contributed by atoms with Crippen LogP contribution in [0, 0.1) is 5.21 Å². The highest BCUT2D eigenvalue weighted by molar-refractivity contribution is 6.00. The first-order valence-corrected chi connectivity index (χ1v) is 5.57. The number of anilines is 1. The first kappa shape index (κ1) is 13.2. The maximum atomic E-state index is 11.4. The smallest absolute Gasteiger partial charge is 0.270 e. The predicted molar refractivity (Wildman–Crippen MR) is 66.2 cm³/mol. The average molecular weight is 264 g/mol. The van der Waals surface area contributed by atoms with E-state index in [4.69, 9.17) is 0 Å². The van der Waals surface area contributed by atoms with Crippen molar-refractivity contribution in [3.05, 3.63) is 35.7 Å². The number of benzene rings is 1. The standard InChI is InChI=1S/C12H14N3O4/c1-8(16)13(2)11-6-5-10-9(12(11)15(18)19)4-3-7-14(10)17/h3-7,15,17-18H,1-2H3/q+1. The maximum absolute atomic E-state index is 11.4. The lowest BCUT2D eigenvalue weighted by atomic mass is 10.1. The second kappa shape index (κ2) is 4.81. The van der Waals surface area contributed by atoms with Crippen LogP contribution in [0.4, 0.5) is 11.4 Å². The second-order valence-corrected chi connectivity index (χ2v) is 4.13. The summed E-state index contributed by atoms with van der Waals surface area (Å²) >= 11 is 0. The van der Waals surface area contributed by atoms with E-state index in [0.717, 1.165) is 4.73 Å². The molecule has 0 spiro atoms. The molecule has 1 aromatic heterocycles. The van der Waals surface area contributed by atoms with Crippen molar-refractivity contribution < 1.29 is 25.2 Å². The number of quaternary nitrogens is 1. The van der Waals surface area contributed by atoms with Crippen LogP contribution in [0.3, 0.4) is 0 Å². The number of hydrogen-bond acceptors (Lipinski definition) is 4. The molecular weight excluding hydrogens is 250 g/mol. The Morgan fingerprint density at radius 3 is 2.68 bits per heavy atom. The summed E-state index contributed by atoms with van der Waals surface area (Å²) in [5.41, 5.74) is 0.637. The SMILES string of the molecule is CC(=O)N(C)c1ccc2c(ccc[n+]2O)c1[NH+]([O-])O. The highest BCUT2D eigenvalue weighted by atomic mass is 16.8. The number of nitrogens with one attached hydrogen (secondary N) is 1. The molecule has 2 aromatic rings. The Bertz CT molecular complexity index is 642. The number of aromatic nitrogens is 1. The van der Waals surface area contributed by atoms with Crippen molar-refractivity contribution in [3.8, 4) is 0 Å². The molecule has 100 valence electrons. The largest absolute Gasteiger partial charge is 0.595 e. The minimum atomic E-state index is -1.15. The summed E-state index contributed by atoms with van der Waals surface area (Å²) < 4.78 is 0.847. The zero-order valence-corrected chi connectivity index (χ0v) is 10.5. The van der Waals surface area contributed by atoms with Gasteiger partial charge in [0, 0.05) is 30.8 Å². The molecule has 0 fully saturated rings. The third kappa shape index (κ3) is 2.22. The summed E-state index contributed by atoms with van der Waals surface area (Å²) in [7, 11) is 1.51. The number of hydrogen-bond donors (Lipinski definition) is 3. The molecule has 0 aliphatic rings. The van der Waals surface area contributed by atoms with E-state index in [1.165, 1.54) is 37.2 Å². The van der Waals surface area contributed by atoms with Crippen molar-refractivity contribution in [3.63, 3.8) is 0 Å². The van der Waals surface area contributed by atoms with E-state index in [1.807, 2.05) is 0 Å². The Morgan fingerprint density at radius 1 is 1.42 bits per heavy atom. The lowest BCUT2D eigenvalue weighted by Crippen LogP contribution is -2.99. The minimum Gasteiger partial charge on any atom is -0.595 e. The summed E-state index contributed by atoms with van der Waals surface area (Å²) in [6.45, 7) is 1.35. The van der Waals surface area contributed by atoms with Crippen LogP contribution in [-0.2, 0) is 4.79 Å². The Kier molecular flexibility index (Phi) is 3.34. The zero-order valence-electron chi connectivity index (χ0n) is 10.5. The fourth-order valence-corrected chi connectivity index (χ4v) is 1.94. The molecule has 0 aliphatic carbocycles. The predicted octanol–water partition coefficient (Wildman–Crippen LogP) is -0.249. The number of nitrogens with zero attached hydrogens (tertiary/aromatic N) is 2. The Labute approximate surface area is 109 Å². The number of carbonyl (C=O) groups excluding carboxylic acids is 1. The number of pyridine rings is 1. The Balaban J connectivity index is 2.80. The van der Waals surface area contributed by atoms with E-state index in [9.17, 15) is 20.4 Å². The molecule has 1 amide bonds. The molecule has 1 unspecified atom stereocenters. The fourth-order valence-electron chi connectivity index (χ4n) is 1.94. The van der Waals surface area contributed by atoms with Crippen LogP contribution in [0.15, 0.2) is 30.5 Å². The van der Waals surface area contributed by atoms with Gasteiger partial charge in [-0.2, -0.15) is 5.23 Å². The zero-order chi connectivity index (χ0) is 14.2. The molecule has 1 heterocycles. The molecule has 19 heavy (non-hydrogen) atoms. The molecule has 7 nitrogen and oxygen atoms in total. The Hall–Kier alpha value is -2.22. The molecule has 0 radical (unpaired) electrons. The van der Waals surface area contributed by atoms with Gasteiger partial charge < -0.3 is 10.1 Å². The molecule has 1 aromatic carbocycles. The van der Waals surface area contributed by atoms with Gasteiger partial charge in [-0.25, -0.2) is 5.21 Å². The van der Waals surface area contributed by atoms with E-state index < -0.39 is 5.23 Å².